The molecule has 0 radical (unpaired) electrons. The Morgan fingerprint density at radius 2 is 1.97 bits per heavy atom. The lowest BCUT2D eigenvalue weighted by Crippen LogP contribution is -2.42. The molecule has 2 saturated carbocycles. The van der Waals surface area contributed by atoms with Crippen LogP contribution in [0.1, 0.15) is 105 Å². The molecule has 0 aromatic carbocycles. The zero-order valence-corrected chi connectivity index (χ0v) is 19.6. The SMILES string of the molecule is CCCC[C@H](O)C/C(C)=C/CC1C(C)CC[C@@]2(C)C1CC[C@@H]2[C@H](C)CCC(=O)O. The van der Waals surface area contributed by atoms with E-state index in [9.17, 15) is 9.90 Å². The number of allylic oxidation sites excluding steroid dienone is 1. The van der Waals surface area contributed by atoms with E-state index < -0.39 is 5.97 Å². The van der Waals surface area contributed by atoms with Crippen molar-refractivity contribution in [1.29, 1.82) is 0 Å². The van der Waals surface area contributed by atoms with Crippen LogP contribution in [-0.2, 0) is 4.79 Å². The summed E-state index contributed by atoms with van der Waals surface area (Å²) in [5.74, 6) is 2.76. The molecular formula is C26H46O3. The molecule has 168 valence electrons. The van der Waals surface area contributed by atoms with E-state index in [1.807, 2.05) is 0 Å². The second kappa shape index (κ2) is 11.0. The van der Waals surface area contributed by atoms with Gasteiger partial charge in [-0.15, -0.1) is 0 Å². The van der Waals surface area contributed by atoms with Gasteiger partial charge >= 0.3 is 5.97 Å². The summed E-state index contributed by atoms with van der Waals surface area (Å²) in [6.45, 7) is 11.6. The fourth-order valence-electron chi connectivity index (χ4n) is 6.73. The molecule has 2 rings (SSSR count). The minimum atomic E-state index is -0.659. The molecule has 2 aliphatic rings. The quantitative estimate of drug-likeness (QED) is 0.369. The first-order valence-corrected chi connectivity index (χ1v) is 12.2. The molecular weight excluding hydrogens is 360 g/mol. The molecule has 3 nitrogen and oxygen atoms in total. The van der Waals surface area contributed by atoms with Crippen LogP contribution >= 0.6 is 0 Å². The number of carbonyl (C=O) groups is 1. The van der Waals surface area contributed by atoms with Crippen LogP contribution < -0.4 is 0 Å². The van der Waals surface area contributed by atoms with Gasteiger partial charge < -0.3 is 10.2 Å². The Labute approximate surface area is 179 Å². The zero-order chi connectivity index (χ0) is 21.6. The monoisotopic (exact) mass is 406 g/mol. The van der Waals surface area contributed by atoms with Crippen molar-refractivity contribution in [3.8, 4) is 0 Å². The van der Waals surface area contributed by atoms with Gasteiger partial charge in [0.2, 0.25) is 0 Å². The number of hydrogen-bond donors (Lipinski definition) is 2. The van der Waals surface area contributed by atoms with Gasteiger partial charge in [-0.25, -0.2) is 0 Å². The summed E-state index contributed by atoms with van der Waals surface area (Å²) in [6.07, 6.45) is 13.7. The smallest absolute Gasteiger partial charge is 0.303 e. The maximum absolute atomic E-state index is 11.0. The first-order valence-electron chi connectivity index (χ1n) is 12.2. The summed E-state index contributed by atoms with van der Waals surface area (Å²) < 4.78 is 0. The maximum Gasteiger partial charge on any atom is 0.303 e. The average molecular weight is 407 g/mol. The summed E-state index contributed by atoms with van der Waals surface area (Å²) in [4.78, 5) is 11.0. The van der Waals surface area contributed by atoms with Crippen molar-refractivity contribution in [3.05, 3.63) is 11.6 Å². The number of aliphatic carboxylic acids is 1. The second-order valence-electron chi connectivity index (χ2n) is 10.7. The standard InChI is InChI=1S/C26H46O3/c1-6-7-8-21(27)17-18(2)9-11-22-19(3)15-16-26(5)23(12-13-24(22)26)20(4)10-14-25(28)29/h9,19-24,27H,6-8,10-17H2,1-5H3,(H,28,29)/b18-9+/t19?,20-,21+,22?,23-,24?,26-/m1/s1. The van der Waals surface area contributed by atoms with Crippen molar-refractivity contribution in [2.75, 3.05) is 0 Å². The Balaban J connectivity index is 2.01. The Bertz CT molecular complexity index is 554. The third kappa shape index (κ3) is 6.32. The van der Waals surface area contributed by atoms with Crippen LogP contribution in [0.25, 0.3) is 0 Å². The molecule has 2 fully saturated rings. The van der Waals surface area contributed by atoms with Gasteiger partial charge in [0, 0.05) is 6.42 Å². The number of carboxylic acids is 1. The van der Waals surface area contributed by atoms with Gasteiger partial charge in [0.15, 0.2) is 0 Å². The molecule has 0 aromatic rings. The topological polar surface area (TPSA) is 57.5 Å². The normalized spacial score (nSPS) is 34.6. The van der Waals surface area contributed by atoms with Gasteiger partial charge in [-0.2, -0.15) is 0 Å². The zero-order valence-electron chi connectivity index (χ0n) is 19.6. The van der Waals surface area contributed by atoms with Crippen molar-refractivity contribution < 1.29 is 15.0 Å². The predicted molar refractivity (Wildman–Crippen MR) is 121 cm³/mol. The van der Waals surface area contributed by atoms with Crippen LogP contribution in [0, 0.1) is 35.0 Å². The maximum atomic E-state index is 11.0. The van der Waals surface area contributed by atoms with Crippen LogP contribution in [0.5, 0.6) is 0 Å². The van der Waals surface area contributed by atoms with E-state index in [-0.39, 0.29) is 6.10 Å². The molecule has 0 amide bonds. The molecule has 3 unspecified atom stereocenters. The molecule has 0 spiro atoms. The minimum Gasteiger partial charge on any atom is -0.481 e. The first-order chi connectivity index (χ1) is 13.7. The molecule has 29 heavy (non-hydrogen) atoms. The Hall–Kier alpha value is -0.830. The third-order valence-electron chi connectivity index (χ3n) is 8.56. The summed E-state index contributed by atoms with van der Waals surface area (Å²) in [7, 11) is 0. The Morgan fingerprint density at radius 1 is 1.24 bits per heavy atom. The molecule has 3 heteroatoms. The van der Waals surface area contributed by atoms with Crippen molar-refractivity contribution in [2.45, 2.75) is 111 Å². The van der Waals surface area contributed by atoms with Crippen LogP contribution in [0.4, 0.5) is 0 Å². The number of carboxylic acid groups (broad SMARTS) is 1. The number of aliphatic hydroxyl groups is 1. The van der Waals surface area contributed by atoms with Crippen LogP contribution in [0.3, 0.4) is 0 Å². The lowest BCUT2D eigenvalue weighted by molar-refractivity contribution is -0.137. The summed E-state index contributed by atoms with van der Waals surface area (Å²) in [5, 5.41) is 19.3. The van der Waals surface area contributed by atoms with E-state index in [4.69, 9.17) is 5.11 Å². The minimum absolute atomic E-state index is 0.189. The highest BCUT2D eigenvalue weighted by molar-refractivity contribution is 5.66. The molecule has 0 aromatic heterocycles. The number of fused-ring (bicyclic) bond motifs is 1. The number of rotatable bonds is 11. The van der Waals surface area contributed by atoms with E-state index in [1.165, 1.54) is 31.3 Å². The fraction of sp³-hybridized carbons (Fsp3) is 0.885. The van der Waals surface area contributed by atoms with Crippen molar-refractivity contribution >= 4 is 5.97 Å². The highest BCUT2D eigenvalue weighted by Crippen LogP contribution is 2.61. The lowest BCUT2D eigenvalue weighted by atomic mass is 9.56. The predicted octanol–water partition coefficient (Wildman–Crippen LogP) is 6.84. The van der Waals surface area contributed by atoms with E-state index in [0.29, 0.717) is 23.7 Å². The van der Waals surface area contributed by atoms with Gasteiger partial charge in [0.25, 0.3) is 0 Å². The van der Waals surface area contributed by atoms with Gasteiger partial charge in [0.05, 0.1) is 6.10 Å². The Kier molecular flexibility index (Phi) is 9.25. The van der Waals surface area contributed by atoms with Gasteiger partial charge in [-0.3, -0.25) is 4.79 Å². The highest BCUT2D eigenvalue weighted by Gasteiger charge is 2.53. The van der Waals surface area contributed by atoms with Crippen molar-refractivity contribution in [2.24, 2.45) is 35.0 Å². The van der Waals surface area contributed by atoms with Crippen molar-refractivity contribution in [1.82, 2.24) is 0 Å². The van der Waals surface area contributed by atoms with E-state index >= 15 is 0 Å². The van der Waals surface area contributed by atoms with Crippen LogP contribution in [0.2, 0.25) is 0 Å². The average Bonchev–Trinajstić information content (AvgIpc) is 3.01. The van der Waals surface area contributed by atoms with Gasteiger partial charge in [-0.05, 0) is 93.3 Å². The summed E-state index contributed by atoms with van der Waals surface area (Å²) >= 11 is 0. The summed E-state index contributed by atoms with van der Waals surface area (Å²) in [6, 6.07) is 0. The van der Waals surface area contributed by atoms with Crippen LogP contribution in [0.15, 0.2) is 11.6 Å². The molecule has 0 bridgehead atoms. The third-order valence-corrected chi connectivity index (χ3v) is 8.56. The molecule has 2 N–H and O–H groups in total. The van der Waals surface area contributed by atoms with E-state index in [0.717, 1.165) is 56.3 Å². The highest BCUT2D eigenvalue weighted by atomic mass is 16.4. The number of aliphatic hydroxyl groups excluding tert-OH is 1. The molecule has 7 atom stereocenters. The first kappa shape index (κ1) is 24.4. The lowest BCUT2D eigenvalue weighted by Gasteiger charge is -2.49. The number of unbranched alkanes of at least 4 members (excludes halogenated alkanes) is 1. The molecule has 0 saturated heterocycles. The van der Waals surface area contributed by atoms with E-state index in [2.05, 4.69) is 40.7 Å². The second-order valence-corrected chi connectivity index (χ2v) is 10.7. The molecule has 0 aliphatic heterocycles. The molecule has 0 heterocycles. The largest absolute Gasteiger partial charge is 0.481 e. The van der Waals surface area contributed by atoms with Gasteiger partial charge in [0.1, 0.15) is 0 Å². The van der Waals surface area contributed by atoms with E-state index in [1.54, 1.807) is 0 Å². The Morgan fingerprint density at radius 3 is 2.62 bits per heavy atom. The fourth-order valence-corrected chi connectivity index (χ4v) is 6.73. The molecule has 2 aliphatic carbocycles. The van der Waals surface area contributed by atoms with Crippen molar-refractivity contribution in [3.63, 3.8) is 0 Å². The van der Waals surface area contributed by atoms with Crippen LogP contribution in [-0.4, -0.2) is 22.3 Å². The number of hydrogen-bond acceptors (Lipinski definition) is 2. The van der Waals surface area contributed by atoms with Gasteiger partial charge in [-0.1, -0.05) is 52.2 Å². The summed E-state index contributed by atoms with van der Waals surface area (Å²) in [5.41, 5.74) is 1.72.